The van der Waals surface area contributed by atoms with Gasteiger partial charge in [0.1, 0.15) is 5.69 Å². The first-order valence-corrected chi connectivity index (χ1v) is 8.51. The maximum absolute atomic E-state index is 12.4. The molecule has 3 aromatic rings. The molecule has 3 rings (SSSR count). The summed E-state index contributed by atoms with van der Waals surface area (Å²) in [6.45, 7) is 0. The molecule has 0 aliphatic carbocycles. The predicted octanol–water partition coefficient (Wildman–Crippen LogP) is 3.57. The van der Waals surface area contributed by atoms with Crippen LogP contribution in [0.3, 0.4) is 0 Å². The van der Waals surface area contributed by atoms with Gasteiger partial charge in [0.15, 0.2) is 0 Å². The first kappa shape index (κ1) is 15.2. The van der Waals surface area contributed by atoms with Gasteiger partial charge in [-0.25, -0.2) is 0 Å². The molecule has 1 aromatic heterocycles. The fraction of sp³-hybridized carbons (Fsp3) is 0.0556. The Hall–Kier alpha value is -2.66. The highest BCUT2D eigenvalue weighted by Gasteiger charge is 2.08. The van der Waals surface area contributed by atoms with Crippen molar-refractivity contribution >= 4 is 22.4 Å². The second-order valence-electron chi connectivity index (χ2n) is 5.04. The Morgan fingerprint density at radius 3 is 2.57 bits per heavy atom. The summed E-state index contributed by atoms with van der Waals surface area (Å²) in [6.07, 6.45) is 1.70. The van der Waals surface area contributed by atoms with Gasteiger partial charge in [0.25, 0.3) is 5.91 Å². The number of hydrogen-bond donors (Lipinski definition) is 2. The van der Waals surface area contributed by atoms with Crippen LogP contribution in [-0.4, -0.2) is 15.1 Å². The average molecular weight is 324 g/mol. The van der Waals surface area contributed by atoms with E-state index in [9.17, 15) is 9.00 Å². The molecule has 1 atom stereocenters. The summed E-state index contributed by atoms with van der Waals surface area (Å²) in [5, 5.41) is 2.83. The summed E-state index contributed by atoms with van der Waals surface area (Å²) in [5.41, 5.74) is 2.10. The Balaban J connectivity index is 1.70. The molecule has 2 aromatic carbocycles. The Bertz CT molecular complexity index is 814. The van der Waals surface area contributed by atoms with Crippen LogP contribution in [0.25, 0.3) is 0 Å². The lowest BCUT2D eigenvalue weighted by Crippen LogP contribution is -2.12. The number of aromatic amines is 1. The van der Waals surface area contributed by atoms with Gasteiger partial charge < -0.3 is 10.3 Å². The molecule has 23 heavy (non-hydrogen) atoms. The Labute approximate surface area is 137 Å². The summed E-state index contributed by atoms with van der Waals surface area (Å²) in [4.78, 5) is 15.7. The van der Waals surface area contributed by atoms with Crippen molar-refractivity contribution in [3.63, 3.8) is 0 Å². The molecule has 5 heteroatoms. The topological polar surface area (TPSA) is 62.0 Å². The molecule has 0 spiro atoms. The zero-order valence-electron chi connectivity index (χ0n) is 12.4. The van der Waals surface area contributed by atoms with Crippen LogP contribution in [0.15, 0.2) is 77.8 Å². The third kappa shape index (κ3) is 3.96. The van der Waals surface area contributed by atoms with Crippen molar-refractivity contribution in [2.45, 2.75) is 10.6 Å². The van der Waals surface area contributed by atoms with Gasteiger partial charge in [0, 0.05) is 16.8 Å². The summed E-state index contributed by atoms with van der Waals surface area (Å²) < 4.78 is 12.4. The van der Waals surface area contributed by atoms with Crippen LogP contribution in [0.1, 0.15) is 16.1 Å². The van der Waals surface area contributed by atoms with E-state index in [0.717, 1.165) is 10.5 Å². The molecule has 0 saturated heterocycles. The van der Waals surface area contributed by atoms with Crippen LogP contribution in [-0.2, 0) is 16.6 Å². The lowest BCUT2D eigenvalue weighted by molar-refractivity contribution is 0.102. The molecule has 1 amide bonds. The monoisotopic (exact) mass is 324 g/mol. The molecular weight excluding hydrogens is 308 g/mol. The minimum Gasteiger partial charge on any atom is -0.357 e. The van der Waals surface area contributed by atoms with E-state index < -0.39 is 10.8 Å². The lowest BCUT2D eigenvalue weighted by Gasteiger charge is -2.07. The van der Waals surface area contributed by atoms with E-state index in [4.69, 9.17) is 0 Å². The molecule has 0 fully saturated rings. The highest BCUT2D eigenvalue weighted by molar-refractivity contribution is 7.84. The summed E-state index contributed by atoms with van der Waals surface area (Å²) >= 11 is 0. The number of hydrogen-bond acceptors (Lipinski definition) is 2. The third-order valence-electron chi connectivity index (χ3n) is 3.33. The van der Waals surface area contributed by atoms with Crippen molar-refractivity contribution in [1.82, 2.24) is 4.98 Å². The number of nitrogens with one attached hydrogen (secondary N) is 2. The number of aromatic nitrogens is 1. The average Bonchev–Trinajstić information content (AvgIpc) is 3.10. The van der Waals surface area contributed by atoms with Crippen LogP contribution < -0.4 is 5.32 Å². The molecule has 2 N–H and O–H groups in total. The molecule has 0 saturated carbocycles. The van der Waals surface area contributed by atoms with Crippen LogP contribution in [0, 0.1) is 0 Å². The number of carbonyl (C=O) groups excluding carboxylic acids is 1. The van der Waals surface area contributed by atoms with E-state index in [1.54, 1.807) is 18.3 Å². The number of H-pyrrole nitrogens is 1. The minimum absolute atomic E-state index is 0.198. The SMILES string of the molecule is O=C(Nc1cccc(C[S@](=O)c2ccccc2)c1)c1ccc[nH]1. The number of amides is 1. The van der Waals surface area contributed by atoms with E-state index in [2.05, 4.69) is 10.3 Å². The largest absolute Gasteiger partial charge is 0.357 e. The van der Waals surface area contributed by atoms with Crippen molar-refractivity contribution in [3.05, 3.63) is 84.2 Å². The zero-order valence-corrected chi connectivity index (χ0v) is 13.2. The van der Waals surface area contributed by atoms with E-state index in [-0.39, 0.29) is 5.91 Å². The summed E-state index contributed by atoms with van der Waals surface area (Å²) in [5.74, 6) is 0.215. The second kappa shape index (κ2) is 7.07. The van der Waals surface area contributed by atoms with Gasteiger partial charge in [-0.1, -0.05) is 30.3 Å². The van der Waals surface area contributed by atoms with E-state index in [1.807, 2.05) is 54.6 Å². The summed E-state index contributed by atoms with van der Waals surface area (Å²) in [7, 11) is -1.10. The van der Waals surface area contributed by atoms with E-state index in [0.29, 0.717) is 17.1 Å². The minimum atomic E-state index is -1.10. The van der Waals surface area contributed by atoms with Crippen molar-refractivity contribution in [3.8, 4) is 0 Å². The van der Waals surface area contributed by atoms with Crippen molar-refractivity contribution < 1.29 is 9.00 Å². The van der Waals surface area contributed by atoms with E-state index >= 15 is 0 Å². The number of rotatable bonds is 5. The maximum atomic E-state index is 12.4. The van der Waals surface area contributed by atoms with Crippen LogP contribution in [0.4, 0.5) is 5.69 Å². The Morgan fingerprint density at radius 2 is 1.83 bits per heavy atom. The normalized spacial score (nSPS) is 11.8. The van der Waals surface area contributed by atoms with Gasteiger partial charge in [0.2, 0.25) is 0 Å². The first-order chi connectivity index (χ1) is 11.2. The second-order valence-corrected chi connectivity index (χ2v) is 6.49. The molecule has 116 valence electrons. The lowest BCUT2D eigenvalue weighted by atomic mass is 10.2. The molecule has 0 radical (unpaired) electrons. The van der Waals surface area contributed by atoms with Crippen molar-refractivity contribution in [2.24, 2.45) is 0 Å². The zero-order chi connectivity index (χ0) is 16.1. The molecule has 0 aliphatic heterocycles. The van der Waals surface area contributed by atoms with Crippen LogP contribution >= 0.6 is 0 Å². The molecule has 0 bridgehead atoms. The van der Waals surface area contributed by atoms with Crippen LogP contribution in [0.5, 0.6) is 0 Å². The summed E-state index contributed by atoms with van der Waals surface area (Å²) in [6, 6.07) is 20.3. The van der Waals surface area contributed by atoms with Gasteiger partial charge in [-0.05, 0) is 42.0 Å². The Morgan fingerprint density at radius 1 is 1.00 bits per heavy atom. The highest BCUT2D eigenvalue weighted by atomic mass is 32.2. The quantitative estimate of drug-likeness (QED) is 0.753. The number of benzene rings is 2. The van der Waals surface area contributed by atoms with Gasteiger partial charge in [0.05, 0.1) is 16.6 Å². The van der Waals surface area contributed by atoms with Gasteiger partial charge >= 0.3 is 0 Å². The molecule has 4 nitrogen and oxygen atoms in total. The Kier molecular flexibility index (Phi) is 4.68. The van der Waals surface area contributed by atoms with Crippen molar-refractivity contribution in [2.75, 3.05) is 5.32 Å². The first-order valence-electron chi connectivity index (χ1n) is 7.19. The van der Waals surface area contributed by atoms with Crippen LogP contribution in [0.2, 0.25) is 0 Å². The van der Waals surface area contributed by atoms with Gasteiger partial charge in [-0.2, -0.15) is 0 Å². The smallest absolute Gasteiger partial charge is 0.272 e. The number of carbonyl (C=O) groups is 1. The standard InChI is InChI=1S/C18H16N2O2S/c21-18(17-10-5-11-19-17)20-15-7-4-6-14(12-15)13-23(22)16-8-2-1-3-9-16/h1-12,19H,13H2,(H,20,21)/t23-/m0/s1. The van der Waals surface area contributed by atoms with Gasteiger partial charge in [-0.15, -0.1) is 0 Å². The fourth-order valence-corrected chi connectivity index (χ4v) is 3.33. The van der Waals surface area contributed by atoms with E-state index in [1.165, 1.54) is 0 Å². The fourth-order valence-electron chi connectivity index (χ4n) is 2.22. The van der Waals surface area contributed by atoms with Gasteiger partial charge in [-0.3, -0.25) is 9.00 Å². The number of anilines is 1. The highest BCUT2D eigenvalue weighted by Crippen LogP contribution is 2.16. The molecule has 0 unspecified atom stereocenters. The van der Waals surface area contributed by atoms with Crippen molar-refractivity contribution in [1.29, 1.82) is 0 Å². The third-order valence-corrected chi connectivity index (χ3v) is 4.72. The molecule has 1 heterocycles. The maximum Gasteiger partial charge on any atom is 0.272 e. The molecule has 0 aliphatic rings. The molecular formula is C18H16N2O2S. The predicted molar refractivity (Wildman–Crippen MR) is 91.7 cm³/mol.